The average Bonchev–Trinajstić information content (AvgIpc) is 3.25. The SMILES string of the molecule is O=c1ccc(-c2ccco2)nn1Cc1ccccc1OCc1ccccc1. The molecule has 0 aliphatic carbocycles. The van der Waals surface area contributed by atoms with E-state index in [2.05, 4.69) is 5.10 Å². The van der Waals surface area contributed by atoms with Gasteiger partial charge in [0.1, 0.15) is 18.1 Å². The van der Waals surface area contributed by atoms with Gasteiger partial charge in [0.15, 0.2) is 5.76 Å². The lowest BCUT2D eigenvalue weighted by atomic mass is 10.2. The van der Waals surface area contributed by atoms with E-state index in [1.807, 2.05) is 60.7 Å². The molecular weight excluding hydrogens is 340 g/mol. The van der Waals surface area contributed by atoms with Gasteiger partial charge < -0.3 is 9.15 Å². The minimum atomic E-state index is -0.178. The molecule has 2 aromatic carbocycles. The largest absolute Gasteiger partial charge is 0.489 e. The van der Waals surface area contributed by atoms with Crippen LogP contribution in [0.2, 0.25) is 0 Å². The Morgan fingerprint density at radius 2 is 1.70 bits per heavy atom. The zero-order valence-electron chi connectivity index (χ0n) is 14.6. The molecule has 0 amide bonds. The number of para-hydroxylation sites is 1. The quantitative estimate of drug-likeness (QED) is 0.520. The third-order valence-electron chi connectivity index (χ3n) is 4.17. The second-order valence-corrected chi connectivity index (χ2v) is 6.07. The van der Waals surface area contributed by atoms with E-state index in [0.717, 1.165) is 16.9 Å². The molecular formula is C22H18N2O3. The maximum atomic E-state index is 12.3. The first-order valence-corrected chi connectivity index (χ1v) is 8.66. The summed E-state index contributed by atoms with van der Waals surface area (Å²) in [5.74, 6) is 1.36. The number of rotatable bonds is 6. The zero-order valence-corrected chi connectivity index (χ0v) is 14.6. The molecule has 4 rings (SSSR count). The summed E-state index contributed by atoms with van der Waals surface area (Å²) in [4.78, 5) is 12.3. The second-order valence-electron chi connectivity index (χ2n) is 6.07. The highest BCUT2D eigenvalue weighted by Crippen LogP contribution is 2.21. The number of furan rings is 1. The van der Waals surface area contributed by atoms with E-state index >= 15 is 0 Å². The van der Waals surface area contributed by atoms with Gasteiger partial charge in [-0.25, -0.2) is 4.68 Å². The molecule has 0 atom stereocenters. The molecule has 0 bridgehead atoms. The van der Waals surface area contributed by atoms with Gasteiger partial charge in [0.25, 0.3) is 5.56 Å². The lowest BCUT2D eigenvalue weighted by Crippen LogP contribution is -2.23. The molecule has 5 heteroatoms. The molecule has 5 nitrogen and oxygen atoms in total. The van der Waals surface area contributed by atoms with E-state index < -0.39 is 0 Å². The first-order chi connectivity index (χ1) is 13.3. The maximum Gasteiger partial charge on any atom is 0.267 e. The van der Waals surface area contributed by atoms with Crippen LogP contribution in [0.3, 0.4) is 0 Å². The molecule has 134 valence electrons. The Morgan fingerprint density at radius 1 is 0.889 bits per heavy atom. The number of aromatic nitrogens is 2. The Bertz CT molecular complexity index is 1070. The van der Waals surface area contributed by atoms with Crippen molar-refractivity contribution in [3.63, 3.8) is 0 Å². The lowest BCUT2D eigenvalue weighted by molar-refractivity contribution is 0.302. The topological polar surface area (TPSA) is 57.3 Å². The van der Waals surface area contributed by atoms with Gasteiger partial charge in [-0.15, -0.1) is 0 Å². The fourth-order valence-electron chi connectivity index (χ4n) is 2.79. The minimum Gasteiger partial charge on any atom is -0.489 e. The molecule has 27 heavy (non-hydrogen) atoms. The van der Waals surface area contributed by atoms with E-state index in [0.29, 0.717) is 24.6 Å². The van der Waals surface area contributed by atoms with Crippen LogP contribution in [0.5, 0.6) is 5.75 Å². The minimum absolute atomic E-state index is 0.178. The van der Waals surface area contributed by atoms with Crippen molar-refractivity contribution < 1.29 is 9.15 Å². The maximum absolute atomic E-state index is 12.3. The van der Waals surface area contributed by atoms with Gasteiger partial charge in [0.05, 0.1) is 12.8 Å². The van der Waals surface area contributed by atoms with Crippen LogP contribution in [0, 0.1) is 0 Å². The number of nitrogens with zero attached hydrogens (tertiary/aromatic N) is 2. The smallest absolute Gasteiger partial charge is 0.267 e. The molecule has 0 fully saturated rings. The van der Waals surface area contributed by atoms with Gasteiger partial charge in [-0.05, 0) is 29.8 Å². The predicted molar refractivity (Wildman–Crippen MR) is 103 cm³/mol. The van der Waals surface area contributed by atoms with Crippen LogP contribution in [0.1, 0.15) is 11.1 Å². The molecule has 0 saturated heterocycles. The fourth-order valence-corrected chi connectivity index (χ4v) is 2.79. The van der Waals surface area contributed by atoms with Crippen LogP contribution >= 0.6 is 0 Å². The number of ether oxygens (including phenoxy) is 1. The van der Waals surface area contributed by atoms with Crippen molar-refractivity contribution in [1.82, 2.24) is 9.78 Å². The summed E-state index contributed by atoms with van der Waals surface area (Å²) >= 11 is 0. The van der Waals surface area contributed by atoms with Crippen molar-refractivity contribution in [1.29, 1.82) is 0 Å². The lowest BCUT2D eigenvalue weighted by Gasteiger charge is -2.12. The summed E-state index contributed by atoms with van der Waals surface area (Å²) in [5.41, 5.74) is 2.41. The third kappa shape index (κ3) is 3.98. The van der Waals surface area contributed by atoms with E-state index in [1.165, 1.54) is 10.7 Å². The number of hydrogen-bond donors (Lipinski definition) is 0. The zero-order chi connectivity index (χ0) is 18.5. The molecule has 0 unspecified atom stereocenters. The average molecular weight is 358 g/mol. The molecule has 0 spiro atoms. The molecule has 0 radical (unpaired) electrons. The van der Waals surface area contributed by atoms with Gasteiger partial charge in [0.2, 0.25) is 0 Å². The Morgan fingerprint density at radius 3 is 2.52 bits per heavy atom. The summed E-state index contributed by atoms with van der Waals surface area (Å²) in [6.45, 7) is 0.783. The third-order valence-corrected chi connectivity index (χ3v) is 4.17. The van der Waals surface area contributed by atoms with Crippen LogP contribution in [-0.4, -0.2) is 9.78 Å². The van der Waals surface area contributed by atoms with E-state index in [9.17, 15) is 4.79 Å². The molecule has 0 aliphatic heterocycles. The van der Waals surface area contributed by atoms with Crippen molar-refractivity contribution in [3.8, 4) is 17.2 Å². The van der Waals surface area contributed by atoms with Crippen molar-refractivity contribution in [2.75, 3.05) is 0 Å². The number of hydrogen-bond acceptors (Lipinski definition) is 4. The second kappa shape index (κ2) is 7.74. The van der Waals surface area contributed by atoms with Gasteiger partial charge in [-0.2, -0.15) is 5.10 Å². The monoisotopic (exact) mass is 358 g/mol. The van der Waals surface area contributed by atoms with Crippen molar-refractivity contribution in [2.45, 2.75) is 13.2 Å². The highest BCUT2D eigenvalue weighted by Gasteiger charge is 2.09. The first kappa shape index (κ1) is 16.8. The van der Waals surface area contributed by atoms with Crippen LogP contribution in [0.4, 0.5) is 0 Å². The summed E-state index contributed by atoms with van der Waals surface area (Å²) in [5, 5.41) is 4.42. The standard InChI is InChI=1S/C22H18N2O3/c25-22-13-12-19(21-11-6-14-26-21)23-24(22)15-18-9-4-5-10-20(18)27-16-17-7-2-1-3-8-17/h1-14H,15-16H2. The van der Waals surface area contributed by atoms with Crippen LogP contribution in [0.25, 0.3) is 11.5 Å². The predicted octanol–water partition coefficient (Wildman–Crippen LogP) is 4.13. The van der Waals surface area contributed by atoms with Gasteiger partial charge in [-0.1, -0.05) is 48.5 Å². The molecule has 0 aliphatic rings. The van der Waals surface area contributed by atoms with Gasteiger partial charge >= 0.3 is 0 Å². The van der Waals surface area contributed by atoms with Crippen LogP contribution in [-0.2, 0) is 13.2 Å². The summed E-state index contributed by atoms with van der Waals surface area (Å²) in [7, 11) is 0. The van der Waals surface area contributed by atoms with Crippen molar-refractivity contribution >= 4 is 0 Å². The van der Waals surface area contributed by atoms with E-state index in [1.54, 1.807) is 18.4 Å². The van der Waals surface area contributed by atoms with E-state index in [-0.39, 0.29) is 5.56 Å². The fraction of sp³-hybridized carbons (Fsp3) is 0.0909. The summed E-state index contributed by atoms with van der Waals surface area (Å²) < 4.78 is 12.8. The summed E-state index contributed by atoms with van der Waals surface area (Å²) in [6.07, 6.45) is 1.58. The first-order valence-electron chi connectivity index (χ1n) is 8.66. The Labute approximate surface area is 156 Å². The molecule has 4 aromatic rings. The van der Waals surface area contributed by atoms with E-state index in [4.69, 9.17) is 9.15 Å². The normalized spacial score (nSPS) is 10.7. The molecule has 2 heterocycles. The van der Waals surface area contributed by atoms with Gasteiger partial charge in [-0.3, -0.25) is 4.79 Å². The van der Waals surface area contributed by atoms with Crippen LogP contribution < -0.4 is 10.3 Å². The van der Waals surface area contributed by atoms with Crippen molar-refractivity contribution in [3.05, 3.63) is 107 Å². The molecule has 0 saturated carbocycles. The Hall–Kier alpha value is -3.60. The van der Waals surface area contributed by atoms with Crippen molar-refractivity contribution in [2.24, 2.45) is 0 Å². The highest BCUT2D eigenvalue weighted by atomic mass is 16.5. The van der Waals surface area contributed by atoms with Gasteiger partial charge in [0, 0.05) is 11.6 Å². The van der Waals surface area contributed by atoms with Crippen LogP contribution in [0.15, 0.2) is 94.3 Å². The Kier molecular flexibility index (Phi) is 4.83. The molecule has 2 aromatic heterocycles. The highest BCUT2D eigenvalue weighted by molar-refractivity contribution is 5.50. The molecule has 0 N–H and O–H groups in total. The summed E-state index contributed by atoms with van der Waals surface area (Å²) in [6, 6.07) is 24.4. The Balaban J connectivity index is 1.58. The number of benzene rings is 2.